The van der Waals surface area contributed by atoms with Gasteiger partial charge in [0.05, 0.1) is 11.4 Å². The summed E-state index contributed by atoms with van der Waals surface area (Å²) in [5.74, 6) is -1.17. The maximum absolute atomic E-state index is 12.3. The fourth-order valence-electron chi connectivity index (χ4n) is 1.89. The number of alkyl halides is 2. The van der Waals surface area contributed by atoms with Gasteiger partial charge in [-0.2, -0.15) is 8.78 Å². The van der Waals surface area contributed by atoms with Crippen LogP contribution in [0.1, 0.15) is 15.2 Å². The lowest BCUT2D eigenvalue weighted by Gasteiger charge is -2.12. The minimum absolute atomic E-state index is 0.0898. The molecule has 1 heterocycles. The van der Waals surface area contributed by atoms with Gasteiger partial charge in [0.2, 0.25) is 0 Å². The average molecular weight is 406 g/mol. The maximum Gasteiger partial charge on any atom is 0.387 e. The molecule has 0 unspecified atom stereocenters. The number of thiophene rings is 1. The summed E-state index contributed by atoms with van der Waals surface area (Å²) in [4.78, 5) is 23.8. The molecule has 0 aliphatic rings. The van der Waals surface area contributed by atoms with Gasteiger partial charge >= 0.3 is 12.6 Å². The smallest absolute Gasteiger partial charge is 0.387 e. The third-order valence-electron chi connectivity index (χ3n) is 3.04. The van der Waals surface area contributed by atoms with Gasteiger partial charge in [0.1, 0.15) is 4.88 Å². The Bertz CT molecular complexity index is 784. The molecule has 1 amide bonds. The van der Waals surface area contributed by atoms with Crippen molar-refractivity contribution < 1.29 is 32.6 Å². The van der Waals surface area contributed by atoms with Crippen LogP contribution in [0, 0.1) is 0 Å². The van der Waals surface area contributed by atoms with E-state index in [9.17, 15) is 18.4 Å². The number of methoxy groups -OCH3 is 1. The van der Waals surface area contributed by atoms with Gasteiger partial charge in [0.25, 0.3) is 5.91 Å². The van der Waals surface area contributed by atoms with Crippen LogP contribution in [0.25, 0.3) is 0 Å². The first-order valence-corrected chi connectivity index (χ1v) is 8.39. The van der Waals surface area contributed by atoms with Crippen molar-refractivity contribution in [2.45, 2.75) is 13.2 Å². The van der Waals surface area contributed by atoms with Crippen LogP contribution in [-0.4, -0.2) is 32.2 Å². The van der Waals surface area contributed by atoms with Crippen molar-refractivity contribution in [2.75, 3.05) is 13.7 Å². The molecule has 0 saturated heterocycles. The number of benzene rings is 1. The van der Waals surface area contributed by atoms with Crippen LogP contribution in [0.5, 0.6) is 11.5 Å². The number of carbonyl (C=O) groups is 2. The molecule has 1 N–H and O–H groups in total. The predicted octanol–water partition coefficient (Wildman–Crippen LogP) is 3.48. The SMILES string of the molecule is COc1cc(CNC(=O)COC(=O)c2ccc(Cl)s2)ccc1OC(F)F. The minimum Gasteiger partial charge on any atom is -0.493 e. The largest absolute Gasteiger partial charge is 0.493 e. The number of nitrogens with one attached hydrogen (secondary N) is 1. The molecule has 0 atom stereocenters. The van der Waals surface area contributed by atoms with Gasteiger partial charge in [-0.05, 0) is 29.8 Å². The minimum atomic E-state index is -2.97. The van der Waals surface area contributed by atoms with Gasteiger partial charge in [-0.3, -0.25) is 4.79 Å². The molecule has 0 aliphatic carbocycles. The summed E-state index contributed by atoms with van der Waals surface area (Å²) in [6.07, 6.45) is 0. The summed E-state index contributed by atoms with van der Waals surface area (Å²) in [5, 5.41) is 2.54. The first kappa shape index (κ1) is 19.9. The highest BCUT2D eigenvalue weighted by Crippen LogP contribution is 2.29. The highest BCUT2D eigenvalue weighted by atomic mass is 35.5. The molecule has 2 aromatic rings. The lowest BCUT2D eigenvalue weighted by Crippen LogP contribution is -2.28. The molecule has 1 aromatic heterocycles. The Morgan fingerprint density at radius 3 is 2.62 bits per heavy atom. The van der Waals surface area contributed by atoms with Crippen molar-refractivity contribution >= 4 is 34.8 Å². The second-order valence-corrected chi connectivity index (χ2v) is 6.54. The average Bonchev–Trinajstić information content (AvgIpc) is 3.04. The number of hydrogen-bond donors (Lipinski definition) is 1. The van der Waals surface area contributed by atoms with E-state index in [0.29, 0.717) is 14.8 Å². The van der Waals surface area contributed by atoms with Crippen molar-refractivity contribution in [3.05, 3.63) is 45.1 Å². The summed E-state index contributed by atoms with van der Waals surface area (Å²) in [6.45, 7) is -3.34. The number of esters is 1. The zero-order chi connectivity index (χ0) is 19.1. The predicted molar refractivity (Wildman–Crippen MR) is 91.1 cm³/mol. The maximum atomic E-state index is 12.3. The molecule has 2 rings (SSSR count). The van der Waals surface area contributed by atoms with Crippen LogP contribution in [-0.2, 0) is 16.1 Å². The van der Waals surface area contributed by atoms with E-state index in [4.69, 9.17) is 21.1 Å². The van der Waals surface area contributed by atoms with Crippen LogP contribution in [0.3, 0.4) is 0 Å². The van der Waals surface area contributed by atoms with E-state index in [1.807, 2.05) is 0 Å². The van der Waals surface area contributed by atoms with Crippen molar-refractivity contribution in [3.8, 4) is 11.5 Å². The van der Waals surface area contributed by atoms with E-state index in [1.54, 1.807) is 6.07 Å². The third kappa shape index (κ3) is 5.85. The first-order valence-electron chi connectivity index (χ1n) is 7.20. The molecule has 26 heavy (non-hydrogen) atoms. The molecular formula is C16H14ClF2NO5S. The normalized spacial score (nSPS) is 10.5. The van der Waals surface area contributed by atoms with Crippen molar-refractivity contribution in [3.63, 3.8) is 0 Å². The van der Waals surface area contributed by atoms with Crippen LogP contribution in [0.4, 0.5) is 8.78 Å². The molecule has 140 valence electrons. The highest BCUT2D eigenvalue weighted by molar-refractivity contribution is 7.17. The molecule has 0 aliphatic heterocycles. The molecule has 1 aromatic carbocycles. The van der Waals surface area contributed by atoms with Crippen molar-refractivity contribution in [1.82, 2.24) is 5.32 Å². The summed E-state index contributed by atoms with van der Waals surface area (Å²) in [6, 6.07) is 7.32. The van der Waals surface area contributed by atoms with Crippen LogP contribution in [0.15, 0.2) is 30.3 Å². The zero-order valence-electron chi connectivity index (χ0n) is 13.5. The van der Waals surface area contributed by atoms with E-state index < -0.39 is 25.1 Å². The Labute approximate surface area is 156 Å². The first-order chi connectivity index (χ1) is 12.4. The summed E-state index contributed by atoms with van der Waals surface area (Å²) in [5.41, 5.74) is 0.591. The Morgan fingerprint density at radius 2 is 2.00 bits per heavy atom. The van der Waals surface area contributed by atoms with E-state index in [2.05, 4.69) is 10.1 Å². The second kappa shape index (κ2) is 9.35. The fourth-order valence-corrected chi connectivity index (χ4v) is 2.83. The lowest BCUT2D eigenvalue weighted by atomic mass is 10.2. The molecule has 6 nitrogen and oxygen atoms in total. The van der Waals surface area contributed by atoms with Crippen LogP contribution in [0.2, 0.25) is 4.34 Å². The van der Waals surface area contributed by atoms with E-state index >= 15 is 0 Å². The summed E-state index contributed by atoms with van der Waals surface area (Å²) < 4.78 is 39.2. The number of halogens is 3. The number of hydrogen-bond acceptors (Lipinski definition) is 6. The zero-order valence-corrected chi connectivity index (χ0v) is 15.0. The fraction of sp³-hybridized carbons (Fsp3) is 0.250. The topological polar surface area (TPSA) is 73.9 Å². The molecule has 0 radical (unpaired) electrons. The lowest BCUT2D eigenvalue weighted by molar-refractivity contribution is -0.124. The Balaban J connectivity index is 1.84. The third-order valence-corrected chi connectivity index (χ3v) is 4.25. The van der Waals surface area contributed by atoms with Crippen molar-refractivity contribution in [1.29, 1.82) is 0 Å². The van der Waals surface area contributed by atoms with Crippen LogP contribution < -0.4 is 14.8 Å². The number of carbonyl (C=O) groups excluding carboxylic acids is 2. The van der Waals surface area contributed by atoms with Crippen molar-refractivity contribution in [2.24, 2.45) is 0 Å². The van der Waals surface area contributed by atoms with Gasteiger partial charge < -0.3 is 19.5 Å². The summed E-state index contributed by atoms with van der Waals surface area (Å²) in [7, 11) is 1.31. The van der Waals surface area contributed by atoms with Gasteiger partial charge in [0.15, 0.2) is 18.1 Å². The van der Waals surface area contributed by atoms with Crippen LogP contribution >= 0.6 is 22.9 Å². The van der Waals surface area contributed by atoms with E-state index in [1.165, 1.54) is 31.4 Å². The van der Waals surface area contributed by atoms with Gasteiger partial charge in [-0.25, -0.2) is 4.79 Å². The van der Waals surface area contributed by atoms with E-state index in [-0.39, 0.29) is 18.0 Å². The molecule has 0 spiro atoms. The molecule has 0 bridgehead atoms. The summed E-state index contributed by atoms with van der Waals surface area (Å²) >= 11 is 6.77. The Hall–Kier alpha value is -2.39. The number of amides is 1. The van der Waals surface area contributed by atoms with Gasteiger partial charge in [-0.1, -0.05) is 17.7 Å². The van der Waals surface area contributed by atoms with E-state index in [0.717, 1.165) is 11.3 Å². The standard InChI is InChI=1S/C16H14ClF2NO5S/c1-23-11-6-9(2-3-10(11)25-16(18)19)7-20-14(21)8-24-15(22)12-4-5-13(17)26-12/h2-6,16H,7-8H2,1H3,(H,20,21). The molecule has 10 heteroatoms. The van der Waals surface area contributed by atoms with Gasteiger partial charge in [0, 0.05) is 6.54 Å². The molecule has 0 fully saturated rings. The second-order valence-electron chi connectivity index (χ2n) is 4.82. The van der Waals surface area contributed by atoms with Gasteiger partial charge in [-0.15, -0.1) is 11.3 Å². The Morgan fingerprint density at radius 1 is 1.23 bits per heavy atom. The number of ether oxygens (including phenoxy) is 3. The highest BCUT2D eigenvalue weighted by Gasteiger charge is 2.14. The molecule has 0 saturated carbocycles. The molecular weight excluding hydrogens is 392 g/mol. The monoisotopic (exact) mass is 405 g/mol. The quantitative estimate of drug-likeness (QED) is 0.680. The number of rotatable bonds is 8. The Kier molecular flexibility index (Phi) is 7.16.